The number of ether oxygens (including phenoxy) is 2. The second-order valence-electron chi connectivity index (χ2n) is 4.42. The van der Waals surface area contributed by atoms with E-state index in [1.165, 1.54) is 36.4 Å². The number of para-hydroxylation sites is 3. The Morgan fingerprint density at radius 2 is 1.43 bits per heavy atom. The molecule has 0 fully saturated rings. The van der Waals surface area contributed by atoms with Crippen molar-refractivity contribution in [2.45, 2.75) is 6.18 Å². The quantitative estimate of drug-likeness (QED) is 0.456. The molecule has 0 spiro atoms. The van der Waals surface area contributed by atoms with Crippen molar-refractivity contribution in [2.75, 3.05) is 13.2 Å². The Morgan fingerprint density at radius 3 is 2.04 bits per heavy atom. The second-order valence-corrected chi connectivity index (χ2v) is 4.42. The zero-order valence-corrected chi connectivity index (χ0v) is 11.7. The highest BCUT2D eigenvalue weighted by Crippen LogP contribution is 2.35. The lowest BCUT2D eigenvalue weighted by atomic mass is 10.2. The van der Waals surface area contributed by atoms with Crippen molar-refractivity contribution in [1.82, 2.24) is 0 Å². The summed E-state index contributed by atoms with van der Waals surface area (Å²) in [7, 11) is 0. The smallest absolute Gasteiger partial charge is 0.419 e. The van der Waals surface area contributed by atoms with E-state index in [0.29, 0.717) is 0 Å². The molecule has 0 aliphatic rings. The summed E-state index contributed by atoms with van der Waals surface area (Å²) in [5.74, 6) is -0.281. The van der Waals surface area contributed by atoms with Crippen molar-refractivity contribution < 1.29 is 27.6 Å². The standard InChI is InChI=1S/C15H12F3NO4/c16-15(17,18)11-5-1-3-7-13(11)22-9-10-23-14-8-4-2-6-12(14)19(20)21/h1-8H,9-10H2. The molecular formula is C15H12F3NO4. The third kappa shape index (κ3) is 4.35. The van der Waals surface area contributed by atoms with E-state index < -0.39 is 16.7 Å². The third-order valence-corrected chi connectivity index (χ3v) is 2.85. The van der Waals surface area contributed by atoms with Crippen LogP contribution in [0.2, 0.25) is 0 Å². The number of nitro groups is 1. The first-order chi connectivity index (χ1) is 10.9. The number of hydrogen-bond donors (Lipinski definition) is 0. The molecule has 0 aliphatic carbocycles. The fourth-order valence-corrected chi connectivity index (χ4v) is 1.86. The Labute approximate surface area is 129 Å². The number of nitro benzene ring substituents is 1. The molecule has 23 heavy (non-hydrogen) atoms. The van der Waals surface area contributed by atoms with Gasteiger partial charge in [-0.3, -0.25) is 10.1 Å². The maximum atomic E-state index is 12.8. The third-order valence-electron chi connectivity index (χ3n) is 2.85. The first-order valence-corrected chi connectivity index (χ1v) is 6.55. The molecule has 0 saturated heterocycles. The molecule has 2 aromatic rings. The summed E-state index contributed by atoms with van der Waals surface area (Å²) >= 11 is 0. The van der Waals surface area contributed by atoms with Gasteiger partial charge in [-0.25, -0.2) is 0 Å². The molecule has 0 radical (unpaired) electrons. The maximum Gasteiger partial charge on any atom is 0.419 e. The molecule has 0 aromatic heterocycles. The summed E-state index contributed by atoms with van der Waals surface area (Å²) in [5.41, 5.74) is -1.10. The molecule has 0 heterocycles. The molecular weight excluding hydrogens is 315 g/mol. The van der Waals surface area contributed by atoms with Gasteiger partial charge in [0.05, 0.1) is 10.5 Å². The van der Waals surface area contributed by atoms with Gasteiger partial charge < -0.3 is 9.47 Å². The molecule has 0 atom stereocenters. The average molecular weight is 327 g/mol. The minimum absolute atomic E-state index is 0.0326. The van der Waals surface area contributed by atoms with Gasteiger partial charge in [0, 0.05) is 6.07 Å². The highest BCUT2D eigenvalue weighted by Gasteiger charge is 2.33. The van der Waals surface area contributed by atoms with E-state index in [9.17, 15) is 23.3 Å². The molecule has 2 rings (SSSR count). The lowest BCUT2D eigenvalue weighted by Gasteiger charge is -2.14. The normalized spacial score (nSPS) is 11.1. The average Bonchev–Trinajstić information content (AvgIpc) is 2.51. The van der Waals surface area contributed by atoms with Gasteiger partial charge in [0.15, 0.2) is 5.75 Å². The molecule has 122 valence electrons. The Morgan fingerprint density at radius 1 is 0.913 bits per heavy atom. The van der Waals surface area contributed by atoms with Crippen LogP contribution in [0.4, 0.5) is 18.9 Å². The zero-order valence-electron chi connectivity index (χ0n) is 11.7. The molecule has 0 N–H and O–H groups in total. The monoisotopic (exact) mass is 327 g/mol. The van der Waals surface area contributed by atoms with Crippen LogP contribution in [0, 0.1) is 10.1 Å². The van der Waals surface area contributed by atoms with Crippen LogP contribution in [0.1, 0.15) is 5.56 Å². The van der Waals surface area contributed by atoms with Gasteiger partial charge in [-0.05, 0) is 18.2 Å². The molecule has 0 aliphatic heterocycles. The molecule has 0 bridgehead atoms. The first kappa shape index (κ1) is 16.6. The minimum Gasteiger partial charge on any atom is -0.489 e. The van der Waals surface area contributed by atoms with Gasteiger partial charge in [0.2, 0.25) is 0 Å². The minimum atomic E-state index is -4.52. The molecule has 5 nitrogen and oxygen atoms in total. The zero-order chi connectivity index (χ0) is 16.9. The second kappa shape index (κ2) is 6.99. The summed E-state index contributed by atoms with van der Waals surface area (Å²) in [5, 5.41) is 10.8. The van der Waals surface area contributed by atoms with Crippen LogP contribution in [-0.4, -0.2) is 18.1 Å². The SMILES string of the molecule is O=[N+]([O-])c1ccccc1OCCOc1ccccc1C(F)(F)F. The largest absolute Gasteiger partial charge is 0.489 e. The van der Waals surface area contributed by atoms with Crippen LogP contribution in [0.15, 0.2) is 48.5 Å². The molecule has 0 amide bonds. The van der Waals surface area contributed by atoms with Crippen LogP contribution in [0.3, 0.4) is 0 Å². The van der Waals surface area contributed by atoms with E-state index in [0.717, 1.165) is 6.07 Å². The van der Waals surface area contributed by atoms with Crippen LogP contribution >= 0.6 is 0 Å². The van der Waals surface area contributed by atoms with Crippen molar-refractivity contribution in [2.24, 2.45) is 0 Å². The fraction of sp³-hybridized carbons (Fsp3) is 0.200. The van der Waals surface area contributed by atoms with Crippen molar-refractivity contribution in [3.63, 3.8) is 0 Å². The number of rotatable bonds is 6. The van der Waals surface area contributed by atoms with E-state index in [1.807, 2.05) is 0 Å². The van der Waals surface area contributed by atoms with Crippen molar-refractivity contribution in [1.29, 1.82) is 0 Å². The summed E-state index contributed by atoms with van der Waals surface area (Å²) in [6, 6.07) is 10.5. The van der Waals surface area contributed by atoms with Crippen molar-refractivity contribution in [3.05, 3.63) is 64.2 Å². The topological polar surface area (TPSA) is 61.6 Å². The number of nitrogens with zero attached hydrogens (tertiary/aromatic N) is 1. The Balaban J connectivity index is 1.96. The van der Waals surface area contributed by atoms with E-state index in [-0.39, 0.29) is 30.4 Å². The molecule has 8 heteroatoms. The summed E-state index contributed by atoms with van der Waals surface area (Å²) in [6.45, 7) is -0.309. The number of benzene rings is 2. The summed E-state index contributed by atoms with van der Waals surface area (Å²) in [6.07, 6.45) is -4.52. The maximum absolute atomic E-state index is 12.8. The Bertz CT molecular complexity index is 688. The van der Waals surface area contributed by atoms with Crippen molar-refractivity contribution >= 4 is 5.69 Å². The van der Waals surface area contributed by atoms with Crippen LogP contribution in [0.5, 0.6) is 11.5 Å². The van der Waals surface area contributed by atoms with E-state index in [1.54, 1.807) is 6.07 Å². The van der Waals surface area contributed by atoms with Gasteiger partial charge in [-0.15, -0.1) is 0 Å². The number of halogens is 3. The van der Waals surface area contributed by atoms with E-state index in [2.05, 4.69) is 0 Å². The predicted octanol–water partition coefficient (Wildman–Crippen LogP) is 4.07. The van der Waals surface area contributed by atoms with Crippen molar-refractivity contribution in [3.8, 4) is 11.5 Å². The number of hydrogen-bond acceptors (Lipinski definition) is 4. The Kier molecular flexibility index (Phi) is 5.05. The lowest BCUT2D eigenvalue weighted by Crippen LogP contribution is -2.13. The highest BCUT2D eigenvalue weighted by atomic mass is 19.4. The van der Waals surface area contributed by atoms with Crippen LogP contribution < -0.4 is 9.47 Å². The van der Waals surface area contributed by atoms with Gasteiger partial charge in [0.1, 0.15) is 19.0 Å². The van der Waals surface area contributed by atoms with E-state index >= 15 is 0 Å². The van der Waals surface area contributed by atoms with Crippen LogP contribution in [0.25, 0.3) is 0 Å². The first-order valence-electron chi connectivity index (χ1n) is 6.55. The fourth-order valence-electron chi connectivity index (χ4n) is 1.86. The summed E-state index contributed by atoms with van der Waals surface area (Å²) < 4.78 is 48.6. The molecule has 0 unspecified atom stereocenters. The van der Waals surface area contributed by atoms with E-state index in [4.69, 9.17) is 9.47 Å². The lowest BCUT2D eigenvalue weighted by molar-refractivity contribution is -0.385. The van der Waals surface area contributed by atoms with Gasteiger partial charge in [-0.1, -0.05) is 24.3 Å². The van der Waals surface area contributed by atoms with Crippen LogP contribution in [-0.2, 0) is 6.18 Å². The van der Waals surface area contributed by atoms with Gasteiger partial charge >= 0.3 is 11.9 Å². The Hall–Kier alpha value is -2.77. The highest BCUT2D eigenvalue weighted by molar-refractivity contribution is 5.45. The molecule has 0 saturated carbocycles. The van der Waals surface area contributed by atoms with Gasteiger partial charge in [0.25, 0.3) is 0 Å². The summed E-state index contributed by atoms with van der Waals surface area (Å²) in [4.78, 5) is 10.2. The number of alkyl halides is 3. The molecule has 2 aromatic carbocycles. The predicted molar refractivity (Wildman–Crippen MR) is 75.5 cm³/mol. The van der Waals surface area contributed by atoms with Gasteiger partial charge in [-0.2, -0.15) is 13.2 Å².